The van der Waals surface area contributed by atoms with Gasteiger partial charge in [-0.2, -0.15) is 17.0 Å². The molecular formula is C9H12N2O2S3. The lowest BCUT2D eigenvalue weighted by molar-refractivity contribution is 0.573. The molecule has 88 valence electrons. The summed E-state index contributed by atoms with van der Waals surface area (Å²) in [4.78, 5) is 0.401. The zero-order chi connectivity index (χ0) is 12.2. The lowest BCUT2D eigenvalue weighted by Crippen LogP contribution is -2.33. The van der Waals surface area contributed by atoms with E-state index in [0.717, 1.165) is 17.1 Å². The van der Waals surface area contributed by atoms with Crippen molar-refractivity contribution in [2.24, 2.45) is 0 Å². The van der Waals surface area contributed by atoms with E-state index < -0.39 is 10.0 Å². The first-order chi connectivity index (χ1) is 7.49. The Morgan fingerprint density at radius 2 is 2.31 bits per heavy atom. The second-order valence-electron chi connectivity index (χ2n) is 3.21. The minimum Gasteiger partial charge on any atom is -0.207 e. The molecule has 0 amide bonds. The van der Waals surface area contributed by atoms with Gasteiger partial charge in [-0.1, -0.05) is 0 Å². The van der Waals surface area contributed by atoms with Gasteiger partial charge in [0, 0.05) is 11.8 Å². The van der Waals surface area contributed by atoms with Gasteiger partial charge in [-0.05, 0) is 25.3 Å². The van der Waals surface area contributed by atoms with Gasteiger partial charge >= 0.3 is 0 Å². The molecule has 0 spiro atoms. The van der Waals surface area contributed by atoms with Gasteiger partial charge in [-0.15, -0.1) is 11.3 Å². The van der Waals surface area contributed by atoms with Crippen molar-refractivity contribution in [3.8, 4) is 6.07 Å². The molecule has 7 heteroatoms. The van der Waals surface area contributed by atoms with Gasteiger partial charge in [-0.3, -0.25) is 0 Å². The molecule has 0 radical (unpaired) electrons. The van der Waals surface area contributed by atoms with E-state index in [1.54, 1.807) is 11.8 Å². The Hall–Kier alpha value is -0.550. The molecule has 0 aliphatic carbocycles. The van der Waals surface area contributed by atoms with Gasteiger partial charge in [-0.25, -0.2) is 13.1 Å². The second kappa shape index (κ2) is 5.68. The van der Waals surface area contributed by atoms with E-state index in [2.05, 4.69) is 4.72 Å². The minimum absolute atomic E-state index is 0.118. The summed E-state index contributed by atoms with van der Waals surface area (Å²) in [6.45, 7) is 1.81. The first-order valence-electron chi connectivity index (χ1n) is 4.51. The van der Waals surface area contributed by atoms with Crippen LogP contribution in [0.4, 0.5) is 0 Å². The number of nitriles is 1. The highest BCUT2D eigenvalue weighted by Crippen LogP contribution is 2.20. The van der Waals surface area contributed by atoms with Gasteiger partial charge in [0.15, 0.2) is 0 Å². The van der Waals surface area contributed by atoms with Crippen molar-refractivity contribution in [2.75, 3.05) is 12.0 Å². The predicted octanol–water partition coefficient (Wildman–Crippen LogP) is 1.65. The number of hydrogen-bond donors (Lipinski definition) is 1. The third-order valence-electron chi connectivity index (χ3n) is 1.73. The number of rotatable bonds is 5. The Morgan fingerprint density at radius 3 is 2.81 bits per heavy atom. The van der Waals surface area contributed by atoms with Crippen LogP contribution in [0.1, 0.15) is 11.8 Å². The van der Waals surface area contributed by atoms with Gasteiger partial charge in [0.2, 0.25) is 10.0 Å². The van der Waals surface area contributed by atoms with E-state index >= 15 is 0 Å². The lowest BCUT2D eigenvalue weighted by Gasteiger charge is -2.11. The average Bonchev–Trinajstić information content (AvgIpc) is 2.65. The predicted molar refractivity (Wildman–Crippen MR) is 67.2 cm³/mol. The van der Waals surface area contributed by atoms with E-state index in [1.807, 2.05) is 19.2 Å². The molecule has 0 aliphatic rings. The third-order valence-corrected chi connectivity index (χ3v) is 5.63. The number of nitrogens with one attached hydrogen (secondary N) is 1. The fourth-order valence-electron chi connectivity index (χ4n) is 1.13. The molecule has 0 bridgehead atoms. The van der Waals surface area contributed by atoms with Crippen molar-refractivity contribution in [3.05, 3.63) is 17.0 Å². The van der Waals surface area contributed by atoms with E-state index in [9.17, 15) is 8.42 Å². The fraction of sp³-hybridized carbons (Fsp3) is 0.444. The Balaban J connectivity index is 2.82. The zero-order valence-corrected chi connectivity index (χ0v) is 11.4. The Morgan fingerprint density at radius 1 is 1.62 bits per heavy atom. The molecule has 1 unspecified atom stereocenters. The summed E-state index contributed by atoms with van der Waals surface area (Å²) in [6, 6.07) is 4.77. The Bertz CT molecular complexity index is 487. The zero-order valence-electron chi connectivity index (χ0n) is 8.93. The largest absolute Gasteiger partial charge is 0.250 e. The van der Waals surface area contributed by atoms with Gasteiger partial charge in [0.25, 0.3) is 0 Å². The average molecular weight is 276 g/mol. The molecule has 1 aromatic rings. The summed E-state index contributed by atoms with van der Waals surface area (Å²) in [5, 5.41) is 8.62. The number of thioether (sulfide) groups is 1. The van der Waals surface area contributed by atoms with Crippen molar-refractivity contribution in [1.82, 2.24) is 4.72 Å². The monoisotopic (exact) mass is 276 g/mol. The Labute approximate surface area is 104 Å². The molecule has 16 heavy (non-hydrogen) atoms. The first kappa shape index (κ1) is 13.5. The SMILES string of the molecule is CSCC(C)NS(=O)(=O)c1ccc(C#N)s1. The van der Waals surface area contributed by atoms with Gasteiger partial charge in [0.05, 0.1) is 0 Å². The topological polar surface area (TPSA) is 70.0 Å². The van der Waals surface area contributed by atoms with Crippen LogP contribution in [0.5, 0.6) is 0 Å². The smallest absolute Gasteiger partial charge is 0.207 e. The summed E-state index contributed by atoms with van der Waals surface area (Å²) in [5.74, 6) is 0.718. The number of sulfonamides is 1. The minimum atomic E-state index is -3.47. The van der Waals surface area contributed by atoms with Crippen molar-refractivity contribution >= 4 is 33.1 Å². The number of nitrogens with zero attached hydrogens (tertiary/aromatic N) is 1. The second-order valence-corrected chi connectivity index (χ2v) is 7.14. The summed E-state index contributed by atoms with van der Waals surface area (Å²) < 4.78 is 26.4. The quantitative estimate of drug-likeness (QED) is 0.887. The molecule has 0 aromatic carbocycles. The van der Waals surface area contributed by atoms with Crippen molar-refractivity contribution < 1.29 is 8.42 Å². The van der Waals surface area contributed by atoms with Crippen molar-refractivity contribution in [1.29, 1.82) is 5.26 Å². The van der Waals surface area contributed by atoms with E-state index in [0.29, 0.717) is 4.88 Å². The van der Waals surface area contributed by atoms with E-state index in [-0.39, 0.29) is 10.3 Å². The molecule has 0 aliphatic heterocycles. The molecular weight excluding hydrogens is 264 g/mol. The maximum absolute atomic E-state index is 11.8. The van der Waals surface area contributed by atoms with Crippen LogP contribution >= 0.6 is 23.1 Å². The van der Waals surface area contributed by atoms with Crippen LogP contribution < -0.4 is 4.72 Å². The van der Waals surface area contributed by atoms with Crippen LogP contribution in [-0.2, 0) is 10.0 Å². The summed E-state index contributed by atoms with van der Waals surface area (Å²) in [7, 11) is -3.47. The summed E-state index contributed by atoms with van der Waals surface area (Å²) in [6.07, 6.45) is 1.92. The highest BCUT2D eigenvalue weighted by atomic mass is 32.2. The summed E-state index contributed by atoms with van der Waals surface area (Å²) in [5.41, 5.74) is 0. The highest BCUT2D eigenvalue weighted by molar-refractivity contribution is 7.98. The standard InChI is InChI=1S/C9H12N2O2S3/c1-7(6-14-2)11-16(12,13)9-4-3-8(5-10)15-9/h3-4,7,11H,6H2,1-2H3. The van der Waals surface area contributed by atoms with Gasteiger partial charge in [0.1, 0.15) is 15.2 Å². The van der Waals surface area contributed by atoms with Crippen LogP contribution in [0.25, 0.3) is 0 Å². The molecule has 1 atom stereocenters. The van der Waals surface area contributed by atoms with Crippen molar-refractivity contribution in [2.45, 2.75) is 17.2 Å². The third kappa shape index (κ3) is 3.49. The van der Waals surface area contributed by atoms with Crippen LogP contribution in [-0.4, -0.2) is 26.5 Å². The molecule has 4 nitrogen and oxygen atoms in total. The van der Waals surface area contributed by atoms with Gasteiger partial charge < -0.3 is 0 Å². The van der Waals surface area contributed by atoms with Crippen LogP contribution in [0.15, 0.2) is 16.3 Å². The fourth-order valence-corrected chi connectivity index (χ4v) is 4.18. The van der Waals surface area contributed by atoms with E-state index in [1.165, 1.54) is 12.1 Å². The normalized spacial score (nSPS) is 13.3. The molecule has 1 rings (SSSR count). The Kier molecular flexibility index (Phi) is 4.80. The lowest BCUT2D eigenvalue weighted by atomic mass is 10.4. The van der Waals surface area contributed by atoms with Crippen LogP contribution in [0.2, 0.25) is 0 Å². The maximum Gasteiger partial charge on any atom is 0.250 e. The first-order valence-corrected chi connectivity index (χ1v) is 8.20. The maximum atomic E-state index is 11.8. The number of hydrogen-bond acceptors (Lipinski definition) is 5. The summed E-state index contributed by atoms with van der Waals surface area (Å²) >= 11 is 2.56. The highest BCUT2D eigenvalue weighted by Gasteiger charge is 2.19. The molecule has 0 fully saturated rings. The van der Waals surface area contributed by atoms with Crippen molar-refractivity contribution in [3.63, 3.8) is 0 Å². The molecule has 0 saturated heterocycles. The molecule has 1 heterocycles. The van der Waals surface area contributed by atoms with Crippen LogP contribution in [0, 0.1) is 11.3 Å². The molecule has 0 saturated carbocycles. The van der Waals surface area contributed by atoms with Crippen LogP contribution in [0.3, 0.4) is 0 Å². The molecule has 1 aromatic heterocycles. The number of thiophene rings is 1. The molecule has 1 N–H and O–H groups in total. The van der Waals surface area contributed by atoms with E-state index in [4.69, 9.17) is 5.26 Å².